The van der Waals surface area contributed by atoms with Crippen LogP contribution in [0.25, 0.3) is 21.8 Å². The van der Waals surface area contributed by atoms with E-state index in [0.29, 0.717) is 16.2 Å². The van der Waals surface area contributed by atoms with Crippen LogP contribution in [-0.2, 0) is 5.41 Å². The largest absolute Gasteiger partial charge is 0.322 e. The average Bonchev–Trinajstić information content (AvgIpc) is 3.24. The number of halogens is 1. The molecule has 2 heterocycles. The van der Waals surface area contributed by atoms with Crippen LogP contribution >= 0.6 is 11.6 Å². The monoisotopic (exact) mass is 461 g/mol. The van der Waals surface area contributed by atoms with E-state index in [-0.39, 0.29) is 5.56 Å². The van der Waals surface area contributed by atoms with Crippen LogP contribution in [0.3, 0.4) is 0 Å². The van der Waals surface area contributed by atoms with E-state index in [1.54, 1.807) is 6.07 Å². The summed E-state index contributed by atoms with van der Waals surface area (Å²) in [7, 11) is 0. The van der Waals surface area contributed by atoms with Gasteiger partial charge >= 0.3 is 0 Å². The zero-order valence-corrected chi connectivity index (χ0v) is 18.9. The molecule has 4 aromatic carbocycles. The van der Waals surface area contributed by atoms with Gasteiger partial charge in [-0.2, -0.15) is 5.10 Å². The summed E-state index contributed by atoms with van der Waals surface area (Å²) < 4.78 is 0. The summed E-state index contributed by atoms with van der Waals surface area (Å²) in [6, 6.07) is 36.6. The molecule has 0 amide bonds. The summed E-state index contributed by atoms with van der Waals surface area (Å²) in [4.78, 5) is 16.1. The lowest BCUT2D eigenvalue weighted by Crippen LogP contribution is -2.32. The number of nitrogens with one attached hydrogen (secondary N) is 2. The molecule has 0 saturated carbocycles. The SMILES string of the molecule is O=c1cc(C(c2ccccc2)(c2ccccc2)c2ccccc2)c2cc3c(Cl)[nH]nc3cc2[nH]1. The molecule has 164 valence electrons. The van der Waals surface area contributed by atoms with Crippen LogP contribution in [-0.4, -0.2) is 15.2 Å². The zero-order valence-electron chi connectivity index (χ0n) is 18.1. The van der Waals surface area contributed by atoms with E-state index in [1.807, 2.05) is 66.7 Å². The van der Waals surface area contributed by atoms with Crippen molar-refractivity contribution in [2.24, 2.45) is 0 Å². The summed E-state index contributed by atoms with van der Waals surface area (Å²) in [5.74, 6) is 0. The van der Waals surface area contributed by atoms with Crippen molar-refractivity contribution < 1.29 is 0 Å². The number of aromatic amines is 2. The molecule has 0 saturated heterocycles. The van der Waals surface area contributed by atoms with Gasteiger partial charge in [0.1, 0.15) is 5.15 Å². The number of aromatic nitrogens is 3. The number of nitrogens with zero attached hydrogens (tertiary/aromatic N) is 1. The van der Waals surface area contributed by atoms with Gasteiger partial charge in [0.25, 0.3) is 0 Å². The average molecular weight is 462 g/mol. The standard InChI is InChI=1S/C29H20ClN3O/c30-28-23-16-22-24(17-27(34)31-25(22)18-26(23)32-33-28)29(19-10-4-1-5-11-19,20-12-6-2-7-13-20)21-14-8-3-9-15-21/h1-18H,(H,31,34)(H,32,33). The molecule has 2 N–H and O–H groups in total. The van der Waals surface area contributed by atoms with Crippen molar-refractivity contribution in [1.82, 2.24) is 15.2 Å². The molecule has 0 aliphatic heterocycles. The van der Waals surface area contributed by atoms with Crippen molar-refractivity contribution in [2.75, 3.05) is 0 Å². The smallest absolute Gasteiger partial charge is 0.248 e. The quantitative estimate of drug-likeness (QED) is 0.297. The number of pyridine rings is 1. The van der Waals surface area contributed by atoms with Crippen molar-refractivity contribution in [2.45, 2.75) is 5.41 Å². The molecule has 4 nitrogen and oxygen atoms in total. The number of fused-ring (bicyclic) bond motifs is 2. The number of benzene rings is 4. The molecule has 6 aromatic rings. The van der Waals surface area contributed by atoms with E-state index in [9.17, 15) is 4.79 Å². The summed E-state index contributed by atoms with van der Waals surface area (Å²) in [6.45, 7) is 0. The van der Waals surface area contributed by atoms with Gasteiger partial charge < -0.3 is 4.98 Å². The first-order valence-corrected chi connectivity index (χ1v) is 11.4. The summed E-state index contributed by atoms with van der Waals surface area (Å²) in [5, 5.41) is 9.32. The molecular weight excluding hydrogens is 442 g/mol. The second-order valence-electron chi connectivity index (χ2n) is 8.35. The van der Waals surface area contributed by atoms with Crippen molar-refractivity contribution in [3.05, 3.63) is 147 Å². The Morgan fingerprint density at radius 1 is 0.676 bits per heavy atom. The van der Waals surface area contributed by atoms with Crippen LogP contribution in [0.15, 0.2) is 114 Å². The van der Waals surface area contributed by atoms with Crippen LogP contribution in [0, 0.1) is 0 Å². The van der Waals surface area contributed by atoms with Crippen molar-refractivity contribution >= 4 is 33.4 Å². The fourth-order valence-corrected chi connectivity index (χ4v) is 5.26. The molecule has 0 aliphatic rings. The lowest BCUT2D eigenvalue weighted by Gasteiger charge is -2.37. The first-order valence-electron chi connectivity index (χ1n) is 11.1. The Morgan fingerprint density at radius 3 is 1.74 bits per heavy atom. The molecule has 0 atom stereocenters. The maximum atomic E-state index is 13.1. The van der Waals surface area contributed by atoms with E-state index < -0.39 is 5.41 Å². The summed E-state index contributed by atoms with van der Waals surface area (Å²) in [5.41, 5.74) is 4.60. The second-order valence-corrected chi connectivity index (χ2v) is 8.73. The molecule has 0 spiro atoms. The predicted octanol–water partition coefficient (Wildman–Crippen LogP) is 6.44. The summed E-state index contributed by atoms with van der Waals surface area (Å²) >= 11 is 6.43. The minimum Gasteiger partial charge on any atom is -0.322 e. The van der Waals surface area contributed by atoms with E-state index in [2.05, 4.69) is 51.6 Å². The van der Waals surface area contributed by atoms with E-state index in [0.717, 1.165) is 33.0 Å². The van der Waals surface area contributed by atoms with Gasteiger partial charge in [0.2, 0.25) is 5.56 Å². The van der Waals surface area contributed by atoms with Crippen LogP contribution in [0.1, 0.15) is 22.3 Å². The Bertz CT molecular complexity index is 1580. The van der Waals surface area contributed by atoms with Crippen LogP contribution < -0.4 is 5.56 Å². The second kappa shape index (κ2) is 8.01. The molecule has 0 radical (unpaired) electrons. The van der Waals surface area contributed by atoms with Gasteiger partial charge in [0.15, 0.2) is 0 Å². The molecule has 6 rings (SSSR count). The van der Waals surface area contributed by atoms with Gasteiger partial charge in [-0.05, 0) is 34.4 Å². The van der Waals surface area contributed by atoms with Gasteiger partial charge in [-0.25, -0.2) is 0 Å². The highest BCUT2D eigenvalue weighted by molar-refractivity contribution is 6.34. The molecule has 5 heteroatoms. The van der Waals surface area contributed by atoms with E-state index >= 15 is 0 Å². The van der Waals surface area contributed by atoms with Gasteiger partial charge in [-0.3, -0.25) is 9.89 Å². The molecule has 2 aromatic heterocycles. The Labute approximate surface area is 200 Å². The third kappa shape index (κ3) is 3.07. The lowest BCUT2D eigenvalue weighted by atomic mass is 9.64. The number of hydrogen-bond acceptors (Lipinski definition) is 2. The van der Waals surface area contributed by atoms with E-state index in [1.165, 1.54) is 0 Å². The van der Waals surface area contributed by atoms with Crippen molar-refractivity contribution in [3.63, 3.8) is 0 Å². The van der Waals surface area contributed by atoms with Crippen LogP contribution in [0.5, 0.6) is 0 Å². The summed E-state index contributed by atoms with van der Waals surface area (Å²) in [6.07, 6.45) is 0. The molecule has 0 aliphatic carbocycles. The molecule has 0 unspecified atom stereocenters. The maximum absolute atomic E-state index is 13.1. The Hall–Kier alpha value is -4.15. The van der Waals surface area contributed by atoms with Crippen molar-refractivity contribution in [1.29, 1.82) is 0 Å². The Kier molecular flexibility index (Phi) is 4.82. The Morgan fingerprint density at radius 2 is 1.21 bits per heavy atom. The minimum absolute atomic E-state index is 0.171. The van der Waals surface area contributed by atoms with Crippen LogP contribution in [0.2, 0.25) is 5.15 Å². The maximum Gasteiger partial charge on any atom is 0.248 e. The van der Waals surface area contributed by atoms with Gasteiger partial charge in [-0.1, -0.05) is 103 Å². The van der Waals surface area contributed by atoms with Gasteiger partial charge in [0.05, 0.1) is 16.4 Å². The number of rotatable bonds is 4. The minimum atomic E-state index is -0.736. The molecular formula is C29H20ClN3O. The Balaban J connectivity index is 1.86. The predicted molar refractivity (Wildman–Crippen MR) is 138 cm³/mol. The number of H-pyrrole nitrogens is 2. The highest BCUT2D eigenvalue weighted by Gasteiger charge is 2.39. The van der Waals surface area contributed by atoms with E-state index in [4.69, 9.17) is 11.6 Å². The fourth-order valence-electron chi connectivity index (χ4n) is 5.07. The third-order valence-electron chi connectivity index (χ3n) is 6.49. The lowest BCUT2D eigenvalue weighted by molar-refractivity contribution is 0.750. The topological polar surface area (TPSA) is 61.5 Å². The molecule has 0 fully saturated rings. The zero-order chi connectivity index (χ0) is 23.1. The fraction of sp³-hybridized carbons (Fsp3) is 0.0345. The first-order chi connectivity index (χ1) is 16.7. The van der Waals surface area contributed by atoms with Gasteiger partial charge in [0, 0.05) is 16.8 Å². The van der Waals surface area contributed by atoms with Crippen LogP contribution in [0.4, 0.5) is 0 Å². The highest BCUT2D eigenvalue weighted by Crippen LogP contribution is 2.47. The number of hydrogen-bond donors (Lipinski definition) is 2. The first kappa shape index (κ1) is 20.5. The van der Waals surface area contributed by atoms with Gasteiger partial charge in [-0.15, -0.1) is 0 Å². The third-order valence-corrected chi connectivity index (χ3v) is 6.78. The normalized spacial score (nSPS) is 11.8. The molecule has 34 heavy (non-hydrogen) atoms. The van der Waals surface area contributed by atoms with Crippen molar-refractivity contribution in [3.8, 4) is 0 Å². The highest BCUT2D eigenvalue weighted by atomic mass is 35.5. The molecule has 0 bridgehead atoms.